The van der Waals surface area contributed by atoms with E-state index in [0.29, 0.717) is 0 Å². The van der Waals surface area contributed by atoms with E-state index in [2.05, 4.69) is 37.8 Å². The van der Waals surface area contributed by atoms with E-state index in [1.165, 1.54) is 13.2 Å². The lowest BCUT2D eigenvalue weighted by atomic mass is 10.2. The molecular weight excluding hydrogens is 370 g/mol. The number of H-pyrrole nitrogens is 1. The maximum atomic E-state index is 12.4. The molecule has 2 N–H and O–H groups in total. The van der Waals surface area contributed by atoms with Gasteiger partial charge < -0.3 is 4.74 Å². The van der Waals surface area contributed by atoms with Crippen molar-refractivity contribution in [1.29, 1.82) is 0 Å². The van der Waals surface area contributed by atoms with Gasteiger partial charge in [-0.15, -0.1) is 0 Å². The number of aromatic amines is 1. The maximum absolute atomic E-state index is 12.4. The van der Waals surface area contributed by atoms with E-state index in [4.69, 9.17) is 4.74 Å². The van der Waals surface area contributed by atoms with Crippen molar-refractivity contribution in [2.24, 2.45) is 0 Å². The van der Waals surface area contributed by atoms with Crippen LogP contribution in [0.2, 0.25) is 0 Å². The zero-order chi connectivity index (χ0) is 16.2. The van der Waals surface area contributed by atoms with Gasteiger partial charge >= 0.3 is 0 Å². The van der Waals surface area contributed by atoms with Gasteiger partial charge in [-0.2, -0.15) is 5.10 Å². The van der Waals surface area contributed by atoms with Crippen LogP contribution < -0.4 is 9.46 Å². The number of hydrogen-bond donors (Lipinski definition) is 2. The molecule has 2 rings (SSSR count). The third-order valence-electron chi connectivity index (χ3n) is 3.06. The van der Waals surface area contributed by atoms with Gasteiger partial charge in [-0.3, -0.25) is 5.10 Å². The second-order valence-corrected chi connectivity index (χ2v) is 7.41. The van der Waals surface area contributed by atoms with Crippen molar-refractivity contribution >= 4 is 26.0 Å². The number of aryl methyl sites for hydroxylation is 1. The summed E-state index contributed by atoms with van der Waals surface area (Å²) in [5.41, 5.74) is 1.65. The fourth-order valence-corrected chi connectivity index (χ4v) is 3.49. The fourth-order valence-electron chi connectivity index (χ4n) is 2.00. The molecule has 0 bridgehead atoms. The summed E-state index contributed by atoms with van der Waals surface area (Å²) in [6.45, 7) is 2.22. The smallest absolute Gasteiger partial charge is 0.244 e. The highest BCUT2D eigenvalue weighted by atomic mass is 79.9. The molecule has 0 aliphatic rings. The van der Waals surface area contributed by atoms with E-state index in [1.807, 2.05) is 6.07 Å². The summed E-state index contributed by atoms with van der Waals surface area (Å²) >= 11 is 3.29. The van der Waals surface area contributed by atoms with Crippen LogP contribution in [0.5, 0.6) is 5.75 Å². The summed E-state index contributed by atoms with van der Waals surface area (Å²) < 4.78 is 33.2. The summed E-state index contributed by atoms with van der Waals surface area (Å²) in [5.74, 6) is 0.290. The Bertz CT molecular complexity index is 744. The Morgan fingerprint density at radius 2 is 2.14 bits per heavy atom. The highest BCUT2D eigenvalue weighted by Crippen LogP contribution is 2.27. The van der Waals surface area contributed by atoms with Crippen LogP contribution in [0.25, 0.3) is 0 Å². The molecule has 0 radical (unpaired) electrons. The SMILES string of the molecule is CCCc1cc(CNS(=O)(=O)c2ccc(Br)cc2OC)[nH]n1. The summed E-state index contributed by atoms with van der Waals surface area (Å²) in [6.07, 6.45) is 1.86. The minimum absolute atomic E-state index is 0.103. The topological polar surface area (TPSA) is 84.1 Å². The number of sulfonamides is 1. The number of nitrogens with zero attached hydrogens (tertiary/aromatic N) is 1. The molecule has 22 heavy (non-hydrogen) atoms. The zero-order valence-electron chi connectivity index (χ0n) is 12.4. The normalized spacial score (nSPS) is 11.6. The summed E-state index contributed by atoms with van der Waals surface area (Å²) in [5, 5.41) is 6.97. The molecule has 0 saturated carbocycles. The first kappa shape index (κ1) is 17.0. The van der Waals surface area contributed by atoms with Gasteiger partial charge in [0, 0.05) is 4.47 Å². The van der Waals surface area contributed by atoms with Crippen LogP contribution in [-0.2, 0) is 23.0 Å². The van der Waals surface area contributed by atoms with Crippen LogP contribution >= 0.6 is 15.9 Å². The minimum Gasteiger partial charge on any atom is -0.495 e. The number of methoxy groups -OCH3 is 1. The largest absolute Gasteiger partial charge is 0.495 e. The highest BCUT2D eigenvalue weighted by Gasteiger charge is 2.19. The van der Waals surface area contributed by atoms with Crippen LogP contribution in [0.3, 0.4) is 0 Å². The quantitative estimate of drug-likeness (QED) is 0.764. The van der Waals surface area contributed by atoms with E-state index in [-0.39, 0.29) is 17.2 Å². The number of benzene rings is 1. The minimum atomic E-state index is -3.66. The molecule has 0 saturated heterocycles. The number of halogens is 1. The van der Waals surface area contributed by atoms with Crippen LogP contribution in [0, 0.1) is 0 Å². The Kier molecular flexibility index (Phi) is 5.60. The average Bonchev–Trinajstić information content (AvgIpc) is 2.93. The van der Waals surface area contributed by atoms with E-state index < -0.39 is 10.0 Å². The Balaban J connectivity index is 2.13. The van der Waals surface area contributed by atoms with Gasteiger partial charge in [0.05, 0.1) is 25.0 Å². The fraction of sp³-hybridized carbons (Fsp3) is 0.357. The van der Waals surface area contributed by atoms with E-state index in [0.717, 1.165) is 28.7 Å². The Morgan fingerprint density at radius 3 is 2.82 bits per heavy atom. The molecule has 1 aromatic carbocycles. The van der Waals surface area contributed by atoms with Gasteiger partial charge in [-0.05, 0) is 30.7 Å². The van der Waals surface area contributed by atoms with Crippen LogP contribution in [0.15, 0.2) is 33.6 Å². The third-order valence-corrected chi connectivity index (χ3v) is 4.99. The number of rotatable bonds is 7. The number of hydrogen-bond acceptors (Lipinski definition) is 4. The second-order valence-electron chi connectivity index (χ2n) is 4.75. The lowest BCUT2D eigenvalue weighted by molar-refractivity contribution is 0.402. The van der Waals surface area contributed by atoms with E-state index >= 15 is 0 Å². The molecule has 120 valence electrons. The third kappa shape index (κ3) is 4.08. The maximum Gasteiger partial charge on any atom is 0.244 e. The average molecular weight is 388 g/mol. The first-order chi connectivity index (χ1) is 10.5. The summed E-state index contributed by atoms with van der Waals surface area (Å²) in [4.78, 5) is 0.103. The molecule has 0 fully saturated rings. The van der Waals surface area contributed by atoms with Gasteiger partial charge in [0.2, 0.25) is 10.0 Å². The number of aromatic nitrogens is 2. The molecule has 0 aliphatic heterocycles. The van der Waals surface area contributed by atoms with Crippen LogP contribution in [0.4, 0.5) is 0 Å². The van der Waals surface area contributed by atoms with Crippen molar-refractivity contribution in [3.05, 3.63) is 40.1 Å². The van der Waals surface area contributed by atoms with Gasteiger partial charge in [-0.25, -0.2) is 13.1 Å². The van der Waals surface area contributed by atoms with Crippen molar-refractivity contribution in [1.82, 2.24) is 14.9 Å². The molecule has 6 nitrogen and oxygen atoms in total. The first-order valence-electron chi connectivity index (χ1n) is 6.82. The Morgan fingerprint density at radius 1 is 1.36 bits per heavy atom. The van der Waals surface area contributed by atoms with Crippen molar-refractivity contribution in [2.75, 3.05) is 7.11 Å². The van der Waals surface area contributed by atoms with Crippen molar-refractivity contribution in [2.45, 2.75) is 31.2 Å². The van der Waals surface area contributed by atoms with Crippen molar-refractivity contribution in [3.63, 3.8) is 0 Å². The molecule has 8 heteroatoms. The lowest BCUT2D eigenvalue weighted by Gasteiger charge is -2.10. The molecule has 0 unspecified atom stereocenters. The highest BCUT2D eigenvalue weighted by molar-refractivity contribution is 9.10. The molecule has 0 amide bonds. The molecule has 1 heterocycles. The zero-order valence-corrected chi connectivity index (χ0v) is 14.8. The van der Waals surface area contributed by atoms with E-state index in [1.54, 1.807) is 12.1 Å². The van der Waals surface area contributed by atoms with Gasteiger partial charge in [0.15, 0.2) is 0 Å². The van der Waals surface area contributed by atoms with Crippen molar-refractivity contribution in [3.8, 4) is 5.75 Å². The second kappa shape index (κ2) is 7.26. The van der Waals surface area contributed by atoms with Crippen molar-refractivity contribution < 1.29 is 13.2 Å². The molecular formula is C14H18BrN3O3S. The predicted molar refractivity (Wildman–Crippen MR) is 87.3 cm³/mol. The monoisotopic (exact) mass is 387 g/mol. The Labute approximate surface area is 138 Å². The van der Waals surface area contributed by atoms with E-state index in [9.17, 15) is 8.42 Å². The lowest BCUT2D eigenvalue weighted by Crippen LogP contribution is -2.24. The van der Waals surface area contributed by atoms with Crippen LogP contribution in [0.1, 0.15) is 24.7 Å². The van der Waals surface area contributed by atoms with Gasteiger partial charge in [0.25, 0.3) is 0 Å². The molecule has 0 aliphatic carbocycles. The molecule has 1 aromatic heterocycles. The first-order valence-corrected chi connectivity index (χ1v) is 9.10. The van der Waals surface area contributed by atoms with Gasteiger partial charge in [-0.1, -0.05) is 29.3 Å². The summed E-state index contributed by atoms with van der Waals surface area (Å²) in [7, 11) is -2.23. The number of ether oxygens (including phenoxy) is 1. The van der Waals surface area contributed by atoms with Crippen LogP contribution in [-0.4, -0.2) is 25.7 Å². The Hall–Kier alpha value is -1.38. The molecule has 0 atom stereocenters. The summed E-state index contributed by atoms with van der Waals surface area (Å²) in [6, 6.07) is 6.64. The standard InChI is InChI=1S/C14H18BrN3O3S/c1-3-4-11-8-12(18-17-11)9-16-22(19,20)14-6-5-10(15)7-13(14)21-2/h5-8,16H,3-4,9H2,1-2H3,(H,17,18). The predicted octanol–water partition coefficient (Wildman–Crippen LogP) is 2.61. The molecule has 2 aromatic rings. The number of nitrogens with one attached hydrogen (secondary N) is 2. The van der Waals surface area contributed by atoms with Gasteiger partial charge in [0.1, 0.15) is 10.6 Å². The molecule has 0 spiro atoms.